The number of β-amino-alcohol motifs (C(OH)–C–C–N with tert-alkyl or cyclic N) is 1. The number of aromatic nitrogens is 2. The third-order valence-electron chi connectivity index (χ3n) is 9.10. The Hall–Kier alpha value is -3.40. The number of alkyl halides is 4. The van der Waals surface area contributed by atoms with Crippen molar-refractivity contribution in [3.8, 4) is 18.1 Å². The second kappa shape index (κ2) is 10.6. The normalized spacial score (nSPS) is 28.0. The van der Waals surface area contributed by atoms with Crippen LogP contribution >= 0.6 is 11.3 Å². The molecule has 43 heavy (non-hydrogen) atoms. The van der Waals surface area contributed by atoms with Crippen LogP contribution in [0.3, 0.4) is 0 Å². The lowest BCUT2D eigenvalue weighted by Crippen LogP contribution is -2.48. The summed E-state index contributed by atoms with van der Waals surface area (Å²) in [7, 11) is 0. The van der Waals surface area contributed by atoms with E-state index in [4.69, 9.17) is 10.5 Å². The highest BCUT2D eigenvalue weighted by molar-refractivity contribution is 7.16. The second-order valence-corrected chi connectivity index (χ2v) is 13.4. The first kappa shape index (κ1) is 29.7. The van der Waals surface area contributed by atoms with Crippen LogP contribution in [0.5, 0.6) is 6.01 Å². The van der Waals surface area contributed by atoms with Gasteiger partial charge in [-0.25, -0.2) is 4.39 Å². The van der Waals surface area contributed by atoms with Gasteiger partial charge in [-0.05, 0) is 39.2 Å². The molecule has 2 aromatic heterocycles. The van der Waals surface area contributed by atoms with E-state index >= 15 is 0 Å². The predicted molar refractivity (Wildman–Crippen MR) is 151 cm³/mol. The maximum atomic E-state index is 14.4. The topological polar surface area (TPSA) is 139 Å². The number of nitriles is 2. The van der Waals surface area contributed by atoms with Crippen LogP contribution in [0.25, 0.3) is 0 Å². The molecule has 3 atom stereocenters. The van der Waals surface area contributed by atoms with Crippen LogP contribution in [0.4, 0.5) is 34.2 Å². The number of ether oxygens (including phenoxy) is 1. The number of nitrogen functional groups attached to an aromatic ring is 1. The number of hydrogen-bond acceptors (Lipinski definition) is 11. The van der Waals surface area contributed by atoms with Crippen LogP contribution in [-0.4, -0.2) is 83.2 Å². The van der Waals surface area contributed by atoms with Crippen LogP contribution in [0, 0.1) is 22.7 Å². The monoisotopic (exact) mass is 620 g/mol. The molecule has 0 aliphatic carbocycles. The molecule has 230 valence electrons. The van der Waals surface area contributed by atoms with Gasteiger partial charge in [-0.3, -0.25) is 4.90 Å². The summed E-state index contributed by atoms with van der Waals surface area (Å²) in [5.41, 5.74) is 4.12. The number of fused-ring (bicyclic) bond motifs is 1. The van der Waals surface area contributed by atoms with Crippen molar-refractivity contribution < 1.29 is 27.4 Å². The van der Waals surface area contributed by atoms with Gasteiger partial charge in [-0.15, -0.1) is 11.3 Å². The summed E-state index contributed by atoms with van der Waals surface area (Å²) in [6, 6.07) is 3.97. The Bertz CT molecular complexity index is 1500. The van der Waals surface area contributed by atoms with Gasteiger partial charge in [0.15, 0.2) is 11.6 Å². The predicted octanol–water partition coefficient (Wildman–Crippen LogP) is 3.79. The van der Waals surface area contributed by atoms with Crippen LogP contribution in [0.15, 0.2) is 0 Å². The van der Waals surface area contributed by atoms with Gasteiger partial charge < -0.3 is 25.4 Å². The average molecular weight is 621 g/mol. The molecular weight excluding hydrogens is 588 g/mol. The van der Waals surface area contributed by atoms with Crippen molar-refractivity contribution in [2.24, 2.45) is 0 Å². The largest absolute Gasteiger partial charge is 0.461 e. The SMILES string of the molecule is C[C@@]1(O)CCCN(c2nc(OC[C@@]34CCCN3C[C@H](F)C4)nc(N3CC(c4c(C(F)(F)F)sc(N)c4C#N)C3)c2C#N)C1. The summed E-state index contributed by atoms with van der Waals surface area (Å²) >= 11 is 0.357. The molecule has 0 bridgehead atoms. The molecule has 2 aromatic rings. The minimum Gasteiger partial charge on any atom is -0.461 e. The number of halogens is 4. The van der Waals surface area contributed by atoms with Crippen molar-refractivity contribution >= 4 is 28.0 Å². The van der Waals surface area contributed by atoms with E-state index in [0.717, 1.165) is 19.4 Å². The van der Waals surface area contributed by atoms with Gasteiger partial charge >= 0.3 is 12.2 Å². The van der Waals surface area contributed by atoms with E-state index in [-0.39, 0.29) is 65.6 Å². The second-order valence-electron chi connectivity index (χ2n) is 12.3. The first-order chi connectivity index (χ1) is 20.3. The fraction of sp³-hybridized carbons (Fsp3) is 0.643. The zero-order valence-corrected chi connectivity index (χ0v) is 24.4. The molecule has 10 nitrogen and oxygen atoms in total. The highest BCUT2D eigenvalue weighted by atomic mass is 32.1. The number of anilines is 3. The smallest absolute Gasteiger partial charge is 0.425 e. The molecule has 15 heteroatoms. The van der Waals surface area contributed by atoms with E-state index in [0.29, 0.717) is 43.7 Å². The molecule has 0 saturated carbocycles. The highest BCUT2D eigenvalue weighted by Gasteiger charge is 2.50. The molecule has 4 saturated heterocycles. The first-order valence-electron chi connectivity index (χ1n) is 14.3. The van der Waals surface area contributed by atoms with E-state index in [1.807, 2.05) is 6.07 Å². The molecule has 4 aliphatic rings. The molecule has 4 aliphatic heterocycles. The van der Waals surface area contributed by atoms with Gasteiger partial charge in [0, 0.05) is 50.6 Å². The summed E-state index contributed by atoms with van der Waals surface area (Å²) in [5, 5.41) is 30.4. The summed E-state index contributed by atoms with van der Waals surface area (Å²) in [6.45, 7) is 3.88. The lowest BCUT2D eigenvalue weighted by molar-refractivity contribution is -0.135. The number of piperidine rings is 1. The summed E-state index contributed by atoms with van der Waals surface area (Å²) < 4.78 is 62.0. The maximum Gasteiger partial charge on any atom is 0.425 e. The molecule has 0 aromatic carbocycles. The lowest BCUT2D eigenvalue weighted by Gasteiger charge is -2.42. The van der Waals surface area contributed by atoms with Gasteiger partial charge in [0.05, 0.1) is 16.7 Å². The Morgan fingerprint density at radius 3 is 2.40 bits per heavy atom. The number of thiophene rings is 1. The zero-order chi connectivity index (χ0) is 30.7. The Balaban J connectivity index is 1.33. The Morgan fingerprint density at radius 1 is 1.07 bits per heavy atom. The molecule has 6 rings (SSSR count). The number of hydrogen-bond donors (Lipinski definition) is 2. The first-order valence-corrected chi connectivity index (χ1v) is 15.1. The fourth-order valence-corrected chi connectivity index (χ4v) is 8.07. The minimum absolute atomic E-state index is 0.0188. The molecule has 6 heterocycles. The quantitative estimate of drug-likeness (QED) is 0.459. The van der Waals surface area contributed by atoms with E-state index < -0.39 is 34.3 Å². The van der Waals surface area contributed by atoms with Gasteiger partial charge in [-0.2, -0.15) is 33.7 Å². The molecule has 0 radical (unpaired) electrons. The van der Waals surface area contributed by atoms with Crippen LogP contribution in [0.2, 0.25) is 0 Å². The number of nitrogens with two attached hydrogens (primary N) is 1. The minimum atomic E-state index is -4.66. The van der Waals surface area contributed by atoms with Crippen LogP contribution in [-0.2, 0) is 6.18 Å². The average Bonchev–Trinajstić information content (AvgIpc) is 3.55. The molecular formula is C28H32F4N8O2S. The Morgan fingerprint density at radius 2 is 1.74 bits per heavy atom. The van der Waals surface area contributed by atoms with Gasteiger partial charge in [0.2, 0.25) is 0 Å². The van der Waals surface area contributed by atoms with Crippen molar-refractivity contribution in [1.82, 2.24) is 14.9 Å². The van der Waals surface area contributed by atoms with Gasteiger partial charge in [0.1, 0.15) is 40.4 Å². The number of aliphatic hydroxyl groups is 1. The summed E-state index contributed by atoms with van der Waals surface area (Å²) in [4.78, 5) is 13.8. The van der Waals surface area contributed by atoms with E-state index in [1.54, 1.807) is 16.7 Å². The summed E-state index contributed by atoms with van der Waals surface area (Å²) in [6.07, 6.45) is -2.33. The highest BCUT2D eigenvalue weighted by Crippen LogP contribution is 2.48. The van der Waals surface area contributed by atoms with Gasteiger partial charge in [0.25, 0.3) is 0 Å². The molecule has 3 N–H and O–H groups in total. The fourth-order valence-electron chi connectivity index (χ4n) is 7.10. The van der Waals surface area contributed by atoms with E-state index in [1.165, 1.54) is 0 Å². The number of rotatable bonds is 6. The maximum absolute atomic E-state index is 14.4. The van der Waals surface area contributed by atoms with Crippen molar-refractivity contribution in [2.45, 2.75) is 68.4 Å². The van der Waals surface area contributed by atoms with Crippen molar-refractivity contribution in [3.63, 3.8) is 0 Å². The third-order valence-corrected chi connectivity index (χ3v) is 10.2. The molecule has 0 spiro atoms. The summed E-state index contributed by atoms with van der Waals surface area (Å²) in [5.74, 6) is -0.180. The van der Waals surface area contributed by atoms with Gasteiger partial charge in [-0.1, -0.05) is 0 Å². The Kier molecular flexibility index (Phi) is 7.34. The Labute approximate surface area is 250 Å². The molecule has 0 unspecified atom stereocenters. The van der Waals surface area contributed by atoms with Crippen LogP contribution < -0.4 is 20.3 Å². The zero-order valence-electron chi connectivity index (χ0n) is 23.6. The third kappa shape index (κ3) is 5.32. The van der Waals surface area contributed by atoms with Crippen molar-refractivity contribution in [3.05, 3.63) is 21.6 Å². The van der Waals surface area contributed by atoms with Crippen molar-refractivity contribution in [1.29, 1.82) is 10.5 Å². The van der Waals surface area contributed by atoms with Crippen LogP contribution in [0.1, 0.15) is 66.5 Å². The molecule has 4 fully saturated rings. The lowest BCUT2D eigenvalue weighted by atomic mass is 9.88. The molecule has 0 amide bonds. The van der Waals surface area contributed by atoms with E-state index in [2.05, 4.69) is 20.9 Å². The number of nitrogens with zero attached hydrogens (tertiary/aromatic N) is 7. The van der Waals surface area contributed by atoms with Crippen molar-refractivity contribution in [2.75, 3.05) is 61.4 Å². The van der Waals surface area contributed by atoms with E-state index in [9.17, 15) is 33.2 Å². The standard InChI is InChI=1S/C28H32F4N8O2S/c1-26(41)4-2-6-38(14-26)23-19(10-34)24(37-25(36-23)42-15-27-5-3-7-40(27)13-17(29)8-27)39-11-16(12-39)20-18(9-33)22(35)43-21(20)28(30,31)32/h16-17,41H,2-8,11-15,35H2,1H3/t17-,26-,27+/m1/s1.